The number of hydrogen-bond acceptors (Lipinski definition) is 3. The summed E-state index contributed by atoms with van der Waals surface area (Å²) in [6.45, 7) is 6.88. The maximum absolute atomic E-state index is 14.1. The van der Waals surface area contributed by atoms with Gasteiger partial charge in [0.25, 0.3) is 5.91 Å². The van der Waals surface area contributed by atoms with Gasteiger partial charge in [0.2, 0.25) is 0 Å². The molecule has 25 heavy (non-hydrogen) atoms. The minimum absolute atomic E-state index is 0.0735. The molecule has 138 valence electrons. The van der Waals surface area contributed by atoms with Crippen LogP contribution in [0.1, 0.15) is 38.7 Å². The summed E-state index contributed by atoms with van der Waals surface area (Å²) < 4.78 is 20.2. The highest BCUT2D eigenvalue weighted by atomic mass is 35.5. The zero-order valence-corrected chi connectivity index (χ0v) is 15.7. The lowest BCUT2D eigenvalue weighted by Crippen LogP contribution is -2.60. The van der Waals surface area contributed by atoms with E-state index in [0.717, 1.165) is 25.8 Å². The standard InChI is InChI=1S/C19H26ClFN2O2/c1-14(2)23-9-4-3-8-19(18(23)24)13-22(10-11-25-19)12-15-16(20)6-5-7-17(15)21/h5-7,14H,3-4,8-13H2,1-2H3. The number of carbonyl (C=O) groups is 1. The van der Waals surface area contributed by atoms with Gasteiger partial charge >= 0.3 is 0 Å². The molecule has 0 saturated carbocycles. The molecule has 4 nitrogen and oxygen atoms in total. The average Bonchev–Trinajstić information content (AvgIpc) is 2.72. The Morgan fingerprint density at radius 3 is 2.84 bits per heavy atom. The van der Waals surface area contributed by atoms with E-state index < -0.39 is 5.60 Å². The molecule has 0 aliphatic carbocycles. The highest BCUT2D eigenvalue weighted by Gasteiger charge is 2.47. The number of halogens is 2. The number of benzene rings is 1. The van der Waals surface area contributed by atoms with E-state index in [1.807, 2.05) is 18.7 Å². The van der Waals surface area contributed by atoms with Gasteiger partial charge in [-0.1, -0.05) is 17.7 Å². The number of amides is 1. The molecule has 0 radical (unpaired) electrons. The molecule has 3 rings (SSSR count). The second-order valence-corrected chi connectivity index (χ2v) is 7.71. The molecule has 0 bridgehead atoms. The van der Waals surface area contributed by atoms with Gasteiger partial charge in [-0.2, -0.15) is 0 Å². The largest absolute Gasteiger partial charge is 0.362 e. The lowest BCUT2D eigenvalue weighted by molar-refractivity contribution is -0.172. The van der Waals surface area contributed by atoms with E-state index in [9.17, 15) is 9.18 Å². The number of rotatable bonds is 3. The van der Waals surface area contributed by atoms with Gasteiger partial charge in [-0.3, -0.25) is 9.69 Å². The van der Waals surface area contributed by atoms with Crippen LogP contribution in [0.3, 0.4) is 0 Å². The van der Waals surface area contributed by atoms with Gasteiger partial charge in [0.05, 0.1) is 6.61 Å². The summed E-state index contributed by atoms with van der Waals surface area (Å²) in [6, 6.07) is 4.89. The van der Waals surface area contributed by atoms with Crippen molar-refractivity contribution in [3.8, 4) is 0 Å². The summed E-state index contributed by atoms with van der Waals surface area (Å²) in [5.74, 6) is -0.228. The molecule has 1 amide bonds. The number of ether oxygens (including phenoxy) is 1. The van der Waals surface area contributed by atoms with E-state index in [4.69, 9.17) is 16.3 Å². The van der Waals surface area contributed by atoms with Gasteiger partial charge in [0, 0.05) is 42.8 Å². The Morgan fingerprint density at radius 2 is 2.12 bits per heavy atom. The highest BCUT2D eigenvalue weighted by Crippen LogP contribution is 2.32. The number of carbonyl (C=O) groups excluding carboxylic acids is 1. The second-order valence-electron chi connectivity index (χ2n) is 7.30. The Kier molecular flexibility index (Phi) is 5.66. The monoisotopic (exact) mass is 368 g/mol. The summed E-state index contributed by atoms with van der Waals surface area (Å²) in [5.41, 5.74) is -0.320. The molecule has 2 heterocycles. The van der Waals surface area contributed by atoms with Gasteiger partial charge in [-0.25, -0.2) is 4.39 Å². The van der Waals surface area contributed by atoms with Crippen LogP contribution in [0.25, 0.3) is 0 Å². The molecule has 0 aromatic heterocycles. The molecule has 1 atom stereocenters. The maximum atomic E-state index is 14.1. The van der Waals surface area contributed by atoms with E-state index >= 15 is 0 Å². The fourth-order valence-corrected chi connectivity index (χ4v) is 4.06. The Bertz CT molecular complexity index is 620. The third kappa shape index (κ3) is 3.83. The van der Waals surface area contributed by atoms with Crippen LogP contribution in [0.15, 0.2) is 18.2 Å². The maximum Gasteiger partial charge on any atom is 0.256 e. The van der Waals surface area contributed by atoms with E-state index in [1.54, 1.807) is 12.1 Å². The summed E-state index contributed by atoms with van der Waals surface area (Å²) in [6.07, 6.45) is 2.67. The summed E-state index contributed by atoms with van der Waals surface area (Å²) in [7, 11) is 0. The van der Waals surface area contributed by atoms with Crippen molar-refractivity contribution in [3.05, 3.63) is 34.6 Å². The minimum atomic E-state index is -0.809. The fourth-order valence-electron chi connectivity index (χ4n) is 3.83. The smallest absolute Gasteiger partial charge is 0.256 e. The van der Waals surface area contributed by atoms with Crippen LogP contribution in [0.4, 0.5) is 4.39 Å². The molecule has 1 aromatic carbocycles. The van der Waals surface area contributed by atoms with E-state index in [-0.39, 0.29) is 17.8 Å². The zero-order chi connectivity index (χ0) is 18.0. The molecule has 1 spiro atoms. The Hall–Kier alpha value is -1.17. The van der Waals surface area contributed by atoms with Crippen LogP contribution in [0.2, 0.25) is 5.02 Å². The van der Waals surface area contributed by atoms with Gasteiger partial charge < -0.3 is 9.64 Å². The molecule has 0 N–H and O–H groups in total. The van der Waals surface area contributed by atoms with Crippen LogP contribution in [-0.4, -0.2) is 53.6 Å². The van der Waals surface area contributed by atoms with Gasteiger partial charge in [-0.15, -0.1) is 0 Å². The quantitative estimate of drug-likeness (QED) is 0.819. The van der Waals surface area contributed by atoms with Crippen LogP contribution in [0.5, 0.6) is 0 Å². The van der Waals surface area contributed by atoms with Crippen molar-refractivity contribution in [1.82, 2.24) is 9.80 Å². The topological polar surface area (TPSA) is 32.8 Å². The normalized spacial score (nSPS) is 25.6. The number of morpholine rings is 1. The second kappa shape index (κ2) is 7.60. The van der Waals surface area contributed by atoms with Crippen LogP contribution in [-0.2, 0) is 16.1 Å². The van der Waals surface area contributed by atoms with E-state index in [0.29, 0.717) is 36.8 Å². The Morgan fingerprint density at radius 1 is 1.32 bits per heavy atom. The first-order valence-corrected chi connectivity index (χ1v) is 9.41. The third-order valence-corrected chi connectivity index (χ3v) is 5.57. The van der Waals surface area contributed by atoms with E-state index in [2.05, 4.69) is 4.90 Å². The van der Waals surface area contributed by atoms with Gasteiger partial charge in [0.1, 0.15) is 5.82 Å². The van der Waals surface area contributed by atoms with Crippen molar-refractivity contribution >= 4 is 17.5 Å². The molecule has 1 unspecified atom stereocenters. The molecule has 1 aromatic rings. The van der Waals surface area contributed by atoms with Gasteiger partial charge in [0.15, 0.2) is 5.60 Å². The predicted molar refractivity (Wildman–Crippen MR) is 96.1 cm³/mol. The molecule has 6 heteroatoms. The van der Waals surface area contributed by atoms with Crippen molar-refractivity contribution < 1.29 is 13.9 Å². The van der Waals surface area contributed by atoms with Crippen molar-refractivity contribution in [1.29, 1.82) is 0 Å². The van der Waals surface area contributed by atoms with Crippen molar-refractivity contribution in [2.24, 2.45) is 0 Å². The number of likely N-dealkylation sites (tertiary alicyclic amines) is 1. The van der Waals surface area contributed by atoms with Crippen molar-refractivity contribution in [2.45, 2.75) is 51.3 Å². The molecule has 2 fully saturated rings. The van der Waals surface area contributed by atoms with E-state index in [1.165, 1.54) is 6.07 Å². The highest BCUT2D eigenvalue weighted by molar-refractivity contribution is 6.31. The average molecular weight is 369 g/mol. The summed E-state index contributed by atoms with van der Waals surface area (Å²) in [5, 5.41) is 0.427. The summed E-state index contributed by atoms with van der Waals surface area (Å²) >= 11 is 6.17. The van der Waals surface area contributed by atoms with Crippen molar-refractivity contribution in [3.63, 3.8) is 0 Å². The SMILES string of the molecule is CC(C)N1CCCCC2(CN(Cc3c(F)cccc3Cl)CCO2)C1=O. The molecular formula is C19H26ClFN2O2. The Balaban J connectivity index is 1.80. The van der Waals surface area contributed by atoms with Gasteiger partial charge in [-0.05, 0) is 45.2 Å². The Labute approximate surface area is 153 Å². The third-order valence-electron chi connectivity index (χ3n) is 5.21. The zero-order valence-electron chi connectivity index (χ0n) is 14.9. The summed E-state index contributed by atoms with van der Waals surface area (Å²) in [4.78, 5) is 17.2. The number of nitrogens with zero attached hydrogens (tertiary/aromatic N) is 2. The molecule has 2 aliphatic rings. The predicted octanol–water partition coefficient (Wildman–Crippen LogP) is 3.47. The molecule has 2 aliphatic heterocycles. The first-order valence-electron chi connectivity index (χ1n) is 9.03. The van der Waals surface area contributed by atoms with Crippen LogP contribution in [0, 0.1) is 5.82 Å². The first kappa shape index (κ1) is 18.6. The number of hydrogen-bond donors (Lipinski definition) is 0. The first-order chi connectivity index (χ1) is 11.9. The van der Waals surface area contributed by atoms with Crippen LogP contribution < -0.4 is 0 Å². The molecule has 2 saturated heterocycles. The lowest BCUT2D eigenvalue weighted by atomic mass is 9.93. The fraction of sp³-hybridized carbons (Fsp3) is 0.632. The van der Waals surface area contributed by atoms with Crippen LogP contribution >= 0.6 is 11.6 Å². The minimum Gasteiger partial charge on any atom is -0.362 e. The molecular weight excluding hydrogens is 343 g/mol. The lowest BCUT2D eigenvalue weighted by Gasteiger charge is -2.43. The van der Waals surface area contributed by atoms with Crippen molar-refractivity contribution in [2.75, 3.05) is 26.2 Å².